The van der Waals surface area contributed by atoms with Gasteiger partial charge < -0.3 is 15.0 Å². The van der Waals surface area contributed by atoms with E-state index in [1.165, 1.54) is 5.56 Å². The lowest BCUT2D eigenvalue weighted by atomic mass is 10.1. The molecule has 2 aromatic rings. The van der Waals surface area contributed by atoms with E-state index in [1.54, 1.807) is 4.90 Å². The monoisotopic (exact) mass is 410 g/mol. The lowest BCUT2D eigenvalue weighted by Gasteiger charge is -2.30. The molecule has 0 heterocycles. The Morgan fingerprint density at radius 3 is 2.37 bits per heavy atom. The highest BCUT2D eigenvalue weighted by atomic mass is 16.5. The normalized spacial score (nSPS) is 11.6. The van der Waals surface area contributed by atoms with Gasteiger partial charge in [0.15, 0.2) is 0 Å². The summed E-state index contributed by atoms with van der Waals surface area (Å²) in [7, 11) is 0. The molecule has 5 nitrogen and oxygen atoms in total. The molecule has 0 radical (unpaired) electrons. The van der Waals surface area contributed by atoms with Crippen LogP contribution in [0.1, 0.15) is 44.2 Å². The van der Waals surface area contributed by atoms with Crippen LogP contribution in [0, 0.1) is 6.92 Å². The maximum absolute atomic E-state index is 13.0. The molecule has 0 unspecified atom stereocenters. The third-order valence-corrected chi connectivity index (χ3v) is 5.05. The molecule has 0 spiro atoms. The van der Waals surface area contributed by atoms with Gasteiger partial charge in [0.25, 0.3) is 0 Å². The van der Waals surface area contributed by atoms with Gasteiger partial charge >= 0.3 is 0 Å². The topological polar surface area (TPSA) is 58.6 Å². The van der Waals surface area contributed by atoms with Crippen molar-refractivity contribution < 1.29 is 14.3 Å². The maximum Gasteiger partial charge on any atom is 0.242 e. The van der Waals surface area contributed by atoms with Crippen LogP contribution in [0.15, 0.2) is 54.6 Å². The molecular weight excluding hydrogens is 376 g/mol. The number of nitrogens with zero attached hydrogens (tertiary/aromatic N) is 1. The molecule has 5 heteroatoms. The summed E-state index contributed by atoms with van der Waals surface area (Å²) in [6.07, 6.45) is 2.28. The molecule has 30 heavy (non-hydrogen) atoms. The predicted octanol–water partition coefficient (Wildman–Crippen LogP) is 4.14. The lowest BCUT2D eigenvalue weighted by Crippen LogP contribution is -2.50. The van der Waals surface area contributed by atoms with E-state index in [1.807, 2.05) is 75.4 Å². The van der Waals surface area contributed by atoms with Gasteiger partial charge in [-0.3, -0.25) is 9.59 Å². The Bertz CT molecular complexity index is 775. The van der Waals surface area contributed by atoms with Crippen LogP contribution in [0.4, 0.5) is 0 Å². The summed E-state index contributed by atoms with van der Waals surface area (Å²) >= 11 is 0. The van der Waals surface area contributed by atoms with Crippen LogP contribution >= 0.6 is 0 Å². The van der Waals surface area contributed by atoms with E-state index in [-0.39, 0.29) is 11.8 Å². The van der Waals surface area contributed by atoms with Crippen molar-refractivity contribution in [3.8, 4) is 5.75 Å². The van der Waals surface area contributed by atoms with Crippen LogP contribution in [-0.2, 0) is 16.0 Å². The molecule has 0 bridgehead atoms. The SMILES string of the molecule is CCNC(=O)[C@H](CC)N(CCc1ccccc1)C(=O)CCCOc1ccc(C)cc1. The largest absolute Gasteiger partial charge is 0.494 e. The van der Waals surface area contributed by atoms with Crippen molar-refractivity contribution >= 4 is 11.8 Å². The molecule has 0 saturated carbocycles. The highest BCUT2D eigenvalue weighted by molar-refractivity contribution is 5.87. The van der Waals surface area contributed by atoms with Crippen molar-refractivity contribution in [2.24, 2.45) is 0 Å². The van der Waals surface area contributed by atoms with Gasteiger partial charge in [0, 0.05) is 19.5 Å². The first-order valence-corrected chi connectivity index (χ1v) is 10.9. The number of hydrogen-bond acceptors (Lipinski definition) is 3. The summed E-state index contributed by atoms with van der Waals surface area (Å²) in [6.45, 7) is 7.43. The number of likely N-dealkylation sites (N-methyl/N-ethyl adjacent to an activating group) is 1. The van der Waals surface area contributed by atoms with Gasteiger partial charge in [-0.1, -0.05) is 55.0 Å². The predicted molar refractivity (Wildman–Crippen MR) is 121 cm³/mol. The summed E-state index contributed by atoms with van der Waals surface area (Å²) in [5, 5.41) is 2.87. The number of aryl methyl sites for hydroxylation is 1. The van der Waals surface area contributed by atoms with Crippen molar-refractivity contribution in [1.82, 2.24) is 10.2 Å². The second-order valence-corrected chi connectivity index (χ2v) is 7.41. The summed E-state index contributed by atoms with van der Waals surface area (Å²) < 4.78 is 5.74. The Morgan fingerprint density at radius 2 is 1.73 bits per heavy atom. The number of ether oxygens (including phenoxy) is 1. The molecule has 2 aromatic carbocycles. The van der Waals surface area contributed by atoms with Crippen molar-refractivity contribution in [2.45, 2.75) is 52.5 Å². The Labute approximate surface area is 180 Å². The number of rotatable bonds is 12. The Kier molecular flexibility index (Phi) is 9.92. The van der Waals surface area contributed by atoms with Crippen molar-refractivity contribution in [2.75, 3.05) is 19.7 Å². The number of nitrogens with one attached hydrogen (secondary N) is 1. The highest BCUT2D eigenvalue weighted by Crippen LogP contribution is 2.14. The fourth-order valence-corrected chi connectivity index (χ4v) is 3.38. The van der Waals surface area contributed by atoms with Crippen molar-refractivity contribution in [3.05, 3.63) is 65.7 Å². The number of carbonyl (C=O) groups is 2. The van der Waals surface area contributed by atoms with E-state index in [9.17, 15) is 9.59 Å². The second-order valence-electron chi connectivity index (χ2n) is 7.41. The van der Waals surface area contributed by atoms with Crippen LogP contribution in [0.3, 0.4) is 0 Å². The zero-order chi connectivity index (χ0) is 21.8. The Balaban J connectivity index is 1.95. The zero-order valence-corrected chi connectivity index (χ0v) is 18.4. The van der Waals surface area contributed by atoms with E-state index in [2.05, 4.69) is 5.32 Å². The molecule has 2 amide bonds. The molecule has 0 saturated heterocycles. The van der Waals surface area contributed by atoms with Gasteiger partial charge in [-0.05, 0) is 50.8 Å². The maximum atomic E-state index is 13.0. The minimum Gasteiger partial charge on any atom is -0.494 e. The van der Waals surface area contributed by atoms with Gasteiger partial charge in [-0.25, -0.2) is 0 Å². The molecule has 0 aromatic heterocycles. The lowest BCUT2D eigenvalue weighted by molar-refractivity contribution is -0.140. The standard InChI is InChI=1S/C25H34N2O3/c1-4-23(25(29)26-5-2)27(18-17-21-10-7-6-8-11-21)24(28)12-9-19-30-22-15-13-20(3)14-16-22/h6-8,10-11,13-16,23H,4-5,9,12,17-19H2,1-3H3,(H,26,29)/t23-/m0/s1. The fraction of sp³-hybridized carbons (Fsp3) is 0.440. The molecule has 0 aliphatic rings. The third-order valence-electron chi connectivity index (χ3n) is 5.05. The average molecular weight is 411 g/mol. The molecule has 0 fully saturated rings. The fourth-order valence-electron chi connectivity index (χ4n) is 3.38. The molecule has 1 atom stereocenters. The van der Waals surface area contributed by atoms with Gasteiger partial charge in [0.2, 0.25) is 11.8 Å². The average Bonchev–Trinajstić information content (AvgIpc) is 2.76. The van der Waals surface area contributed by atoms with Crippen LogP contribution in [-0.4, -0.2) is 42.5 Å². The van der Waals surface area contributed by atoms with E-state index in [0.717, 1.165) is 17.7 Å². The summed E-state index contributed by atoms with van der Waals surface area (Å²) in [5.74, 6) is 0.719. The minimum atomic E-state index is -0.445. The Morgan fingerprint density at radius 1 is 1.03 bits per heavy atom. The third kappa shape index (κ3) is 7.54. The first-order chi connectivity index (χ1) is 14.5. The quantitative estimate of drug-likeness (QED) is 0.535. The smallest absolute Gasteiger partial charge is 0.242 e. The van der Waals surface area contributed by atoms with E-state index >= 15 is 0 Å². The zero-order valence-electron chi connectivity index (χ0n) is 18.4. The van der Waals surface area contributed by atoms with E-state index in [0.29, 0.717) is 39.0 Å². The van der Waals surface area contributed by atoms with Crippen LogP contribution in [0.25, 0.3) is 0 Å². The first-order valence-electron chi connectivity index (χ1n) is 10.9. The molecular formula is C25H34N2O3. The van der Waals surface area contributed by atoms with Crippen molar-refractivity contribution in [3.63, 3.8) is 0 Å². The van der Waals surface area contributed by atoms with Gasteiger partial charge in [0.05, 0.1) is 6.61 Å². The number of benzene rings is 2. The van der Waals surface area contributed by atoms with Crippen LogP contribution in [0.2, 0.25) is 0 Å². The molecule has 162 valence electrons. The van der Waals surface area contributed by atoms with Gasteiger partial charge in [-0.2, -0.15) is 0 Å². The highest BCUT2D eigenvalue weighted by Gasteiger charge is 2.27. The second kappa shape index (κ2) is 12.7. The van der Waals surface area contributed by atoms with E-state index in [4.69, 9.17) is 4.74 Å². The van der Waals surface area contributed by atoms with E-state index < -0.39 is 6.04 Å². The minimum absolute atomic E-state index is 0.00320. The molecule has 2 rings (SSSR count). The number of carbonyl (C=O) groups excluding carboxylic acids is 2. The van der Waals surface area contributed by atoms with Gasteiger partial charge in [0.1, 0.15) is 11.8 Å². The summed E-state index contributed by atoms with van der Waals surface area (Å²) in [6, 6.07) is 17.5. The van der Waals surface area contributed by atoms with Crippen LogP contribution < -0.4 is 10.1 Å². The summed E-state index contributed by atoms with van der Waals surface area (Å²) in [5.41, 5.74) is 2.34. The Hall–Kier alpha value is -2.82. The molecule has 0 aliphatic carbocycles. The van der Waals surface area contributed by atoms with Crippen LogP contribution in [0.5, 0.6) is 5.75 Å². The summed E-state index contributed by atoms with van der Waals surface area (Å²) in [4.78, 5) is 27.3. The number of amides is 2. The first kappa shape index (κ1) is 23.5. The van der Waals surface area contributed by atoms with Crippen molar-refractivity contribution in [1.29, 1.82) is 0 Å². The van der Waals surface area contributed by atoms with Gasteiger partial charge in [-0.15, -0.1) is 0 Å². The molecule has 1 N–H and O–H groups in total. The molecule has 0 aliphatic heterocycles. The number of hydrogen-bond donors (Lipinski definition) is 1.